The van der Waals surface area contributed by atoms with Gasteiger partial charge in [-0.2, -0.15) is 0 Å². The number of ether oxygens (including phenoxy) is 1. The van der Waals surface area contributed by atoms with Crippen LogP contribution >= 0.6 is 0 Å². The quantitative estimate of drug-likeness (QED) is 0.659. The van der Waals surface area contributed by atoms with E-state index in [1.54, 1.807) is 0 Å². The minimum absolute atomic E-state index is 0.0278. The molecule has 2 aliphatic carbocycles. The zero-order valence-corrected chi connectivity index (χ0v) is 8.25. The van der Waals surface area contributed by atoms with Gasteiger partial charge in [0, 0.05) is 6.04 Å². The molecule has 74 valence electrons. The number of esters is 1. The van der Waals surface area contributed by atoms with E-state index >= 15 is 0 Å². The van der Waals surface area contributed by atoms with Crippen LogP contribution in [0.4, 0.5) is 0 Å². The maximum atomic E-state index is 11.4. The first-order valence-corrected chi connectivity index (χ1v) is 5.06. The average molecular weight is 183 g/mol. The first kappa shape index (κ1) is 9.00. The lowest BCUT2D eigenvalue weighted by Gasteiger charge is -2.15. The summed E-state index contributed by atoms with van der Waals surface area (Å²) < 4.78 is 4.78. The molecule has 0 aromatic carbocycles. The van der Waals surface area contributed by atoms with Crippen molar-refractivity contribution in [3.8, 4) is 0 Å². The highest BCUT2D eigenvalue weighted by Gasteiger charge is 2.42. The Hall–Kier alpha value is -0.570. The van der Waals surface area contributed by atoms with Gasteiger partial charge < -0.3 is 10.1 Å². The summed E-state index contributed by atoms with van der Waals surface area (Å²) in [5.74, 6) is 1.20. The Morgan fingerprint density at radius 2 is 2.15 bits per heavy atom. The van der Waals surface area contributed by atoms with E-state index in [2.05, 4.69) is 12.2 Å². The van der Waals surface area contributed by atoms with Crippen molar-refractivity contribution in [1.82, 2.24) is 5.32 Å². The molecule has 13 heavy (non-hydrogen) atoms. The number of nitrogens with one attached hydrogen (secondary N) is 1. The van der Waals surface area contributed by atoms with Crippen molar-refractivity contribution < 1.29 is 9.53 Å². The summed E-state index contributed by atoms with van der Waals surface area (Å²) in [5, 5.41) is 3.38. The Labute approximate surface area is 78.8 Å². The third-order valence-electron chi connectivity index (χ3n) is 3.05. The molecule has 3 heteroatoms. The molecule has 0 aromatic rings. The fraction of sp³-hybridized carbons (Fsp3) is 0.900. The molecular formula is C10H17NO2. The normalized spacial score (nSPS) is 34.0. The van der Waals surface area contributed by atoms with Crippen LogP contribution in [-0.4, -0.2) is 25.2 Å². The first-order valence-electron chi connectivity index (χ1n) is 5.06. The second-order valence-electron chi connectivity index (χ2n) is 4.32. The third kappa shape index (κ3) is 2.02. The highest BCUT2D eigenvalue weighted by atomic mass is 16.5. The highest BCUT2D eigenvalue weighted by Crippen LogP contribution is 2.36. The molecule has 2 fully saturated rings. The van der Waals surface area contributed by atoms with Crippen molar-refractivity contribution in [1.29, 1.82) is 0 Å². The van der Waals surface area contributed by atoms with Gasteiger partial charge in [-0.1, -0.05) is 6.92 Å². The second-order valence-corrected chi connectivity index (χ2v) is 4.32. The summed E-state index contributed by atoms with van der Waals surface area (Å²) in [6.45, 7) is 2.21. The molecule has 0 spiro atoms. The van der Waals surface area contributed by atoms with Gasteiger partial charge in [0.25, 0.3) is 0 Å². The topological polar surface area (TPSA) is 38.3 Å². The first-order chi connectivity index (χ1) is 6.22. The van der Waals surface area contributed by atoms with Crippen LogP contribution in [0.2, 0.25) is 0 Å². The minimum atomic E-state index is -0.0819. The molecule has 0 saturated heterocycles. The Morgan fingerprint density at radius 3 is 2.54 bits per heavy atom. The number of methoxy groups -OCH3 is 1. The third-order valence-corrected chi connectivity index (χ3v) is 3.05. The van der Waals surface area contributed by atoms with Crippen molar-refractivity contribution in [3.05, 3.63) is 0 Å². The van der Waals surface area contributed by atoms with E-state index < -0.39 is 0 Å². The molecule has 1 N–H and O–H groups in total. The largest absolute Gasteiger partial charge is 0.468 e. The number of carbonyl (C=O) groups is 1. The van der Waals surface area contributed by atoms with Gasteiger partial charge in [0.2, 0.25) is 0 Å². The van der Waals surface area contributed by atoms with Crippen molar-refractivity contribution >= 4 is 5.97 Å². The predicted molar refractivity (Wildman–Crippen MR) is 49.2 cm³/mol. The van der Waals surface area contributed by atoms with Gasteiger partial charge >= 0.3 is 5.97 Å². The van der Waals surface area contributed by atoms with Crippen molar-refractivity contribution in [2.45, 2.75) is 38.3 Å². The predicted octanol–water partition coefficient (Wildman–Crippen LogP) is 0.936. The summed E-state index contributed by atoms with van der Waals surface area (Å²) >= 11 is 0. The summed E-state index contributed by atoms with van der Waals surface area (Å²) in [6.07, 6.45) is 3.56. The standard InChI is InChI=1S/C10H17NO2/c1-6-5-8(6)11-9(7-3-4-7)10(12)13-2/h6-9,11H,3-5H2,1-2H3. The van der Waals surface area contributed by atoms with E-state index in [0.717, 1.165) is 5.92 Å². The van der Waals surface area contributed by atoms with Gasteiger partial charge in [0.1, 0.15) is 6.04 Å². The van der Waals surface area contributed by atoms with Crippen LogP contribution in [0.25, 0.3) is 0 Å². The molecule has 0 heterocycles. The van der Waals surface area contributed by atoms with Gasteiger partial charge in [-0.3, -0.25) is 4.79 Å². The molecule has 2 aliphatic rings. The molecule has 0 aromatic heterocycles. The van der Waals surface area contributed by atoms with Gasteiger partial charge in [-0.25, -0.2) is 0 Å². The van der Waals surface area contributed by atoms with Crippen molar-refractivity contribution in [2.24, 2.45) is 11.8 Å². The van der Waals surface area contributed by atoms with Gasteiger partial charge in [0.05, 0.1) is 7.11 Å². The molecule has 0 bridgehead atoms. The van der Waals surface area contributed by atoms with E-state index in [1.807, 2.05) is 0 Å². The van der Waals surface area contributed by atoms with E-state index in [0.29, 0.717) is 12.0 Å². The van der Waals surface area contributed by atoms with Crippen LogP contribution in [0.5, 0.6) is 0 Å². The molecular weight excluding hydrogens is 166 g/mol. The van der Waals surface area contributed by atoms with E-state index in [4.69, 9.17) is 4.74 Å². The lowest BCUT2D eigenvalue weighted by atomic mass is 10.2. The molecule has 3 unspecified atom stereocenters. The zero-order chi connectivity index (χ0) is 9.42. The molecule has 0 radical (unpaired) electrons. The number of rotatable bonds is 4. The molecule has 2 saturated carbocycles. The Morgan fingerprint density at radius 1 is 1.54 bits per heavy atom. The van der Waals surface area contributed by atoms with Crippen LogP contribution in [-0.2, 0) is 9.53 Å². The van der Waals surface area contributed by atoms with Gasteiger partial charge in [0.15, 0.2) is 0 Å². The average Bonchev–Trinajstić information content (AvgIpc) is 2.97. The zero-order valence-electron chi connectivity index (χ0n) is 8.25. The van der Waals surface area contributed by atoms with E-state index in [-0.39, 0.29) is 12.0 Å². The van der Waals surface area contributed by atoms with Gasteiger partial charge in [-0.05, 0) is 31.1 Å². The number of carbonyl (C=O) groups excluding carboxylic acids is 1. The van der Waals surface area contributed by atoms with Gasteiger partial charge in [-0.15, -0.1) is 0 Å². The molecule has 0 aliphatic heterocycles. The fourth-order valence-corrected chi connectivity index (χ4v) is 1.74. The van der Waals surface area contributed by atoms with Crippen LogP contribution in [0.1, 0.15) is 26.2 Å². The number of hydrogen-bond acceptors (Lipinski definition) is 3. The van der Waals surface area contributed by atoms with E-state index in [1.165, 1.54) is 26.4 Å². The lowest BCUT2D eigenvalue weighted by Crippen LogP contribution is -2.41. The second kappa shape index (κ2) is 3.29. The molecule has 3 atom stereocenters. The van der Waals surface area contributed by atoms with Crippen LogP contribution in [0, 0.1) is 11.8 Å². The summed E-state index contributed by atoms with van der Waals surface area (Å²) in [7, 11) is 1.47. The van der Waals surface area contributed by atoms with Crippen LogP contribution in [0.3, 0.4) is 0 Å². The Bertz CT molecular complexity index is 213. The maximum Gasteiger partial charge on any atom is 0.323 e. The molecule has 2 rings (SSSR count). The summed E-state index contributed by atoms with van der Waals surface area (Å²) in [6, 6.07) is 0.532. The maximum absolute atomic E-state index is 11.4. The SMILES string of the molecule is COC(=O)C(NC1CC1C)C1CC1. The monoisotopic (exact) mass is 183 g/mol. The minimum Gasteiger partial charge on any atom is -0.468 e. The highest BCUT2D eigenvalue weighted by molar-refractivity contribution is 5.76. The Kier molecular flexibility index (Phi) is 2.28. The molecule has 0 amide bonds. The van der Waals surface area contributed by atoms with Crippen molar-refractivity contribution in [2.75, 3.05) is 7.11 Å². The van der Waals surface area contributed by atoms with Crippen LogP contribution < -0.4 is 5.32 Å². The van der Waals surface area contributed by atoms with Crippen LogP contribution in [0.15, 0.2) is 0 Å². The lowest BCUT2D eigenvalue weighted by molar-refractivity contribution is -0.143. The summed E-state index contributed by atoms with van der Waals surface area (Å²) in [4.78, 5) is 11.4. The smallest absolute Gasteiger partial charge is 0.323 e. The Balaban J connectivity index is 1.85. The molecule has 3 nitrogen and oxygen atoms in total. The van der Waals surface area contributed by atoms with E-state index in [9.17, 15) is 4.79 Å². The summed E-state index contributed by atoms with van der Waals surface area (Å²) in [5.41, 5.74) is 0. The number of hydrogen-bond donors (Lipinski definition) is 1. The van der Waals surface area contributed by atoms with Crippen molar-refractivity contribution in [3.63, 3.8) is 0 Å². The fourth-order valence-electron chi connectivity index (χ4n) is 1.74.